The second-order valence-electron chi connectivity index (χ2n) is 8.39. The van der Waals surface area contributed by atoms with E-state index in [1.807, 2.05) is 0 Å². The summed E-state index contributed by atoms with van der Waals surface area (Å²) in [6.45, 7) is 2.14. The molecule has 0 amide bonds. The summed E-state index contributed by atoms with van der Waals surface area (Å²) in [4.78, 5) is 5.29. The Kier molecular flexibility index (Phi) is 5.23. The molecule has 2 nitrogen and oxygen atoms in total. The molecule has 4 aromatic rings. The van der Waals surface area contributed by atoms with Gasteiger partial charge in [-0.15, -0.1) is 0 Å². The van der Waals surface area contributed by atoms with Crippen LogP contribution in [0.5, 0.6) is 0 Å². The van der Waals surface area contributed by atoms with Gasteiger partial charge in [0.2, 0.25) is 0 Å². The molecule has 1 aliphatic rings. The van der Waals surface area contributed by atoms with Crippen molar-refractivity contribution < 1.29 is 0 Å². The predicted octanol–water partition coefficient (Wildman–Crippen LogP) is 7.70. The highest BCUT2D eigenvalue weighted by Gasteiger charge is 2.27. The van der Waals surface area contributed by atoms with Crippen LogP contribution in [0.1, 0.15) is 43.7 Å². The normalized spacial score (nSPS) is 14.7. The topological polar surface area (TPSA) is 17.8 Å². The third-order valence-corrected chi connectivity index (χ3v) is 6.26. The number of hydrogen-bond donors (Lipinski definition) is 0. The molecule has 1 heterocycles. The summed E-state index contributed by atoms with van der Waals surface area (Å²) in [6.07, 6.45) is 6.39. The molecule has 0 spiro atoms. The molecule has 0 aliphatic heterocycles. The minimum absolute atomic E-state index is 0.496. The zero-order valence-corrected chi connectivity index (χ0v) is 17.6. The Morgan fingerprint density at radius 1 is 0.667 bits per heavy atom. The van der Waals surface area contributed by atoms with E-state index in [0.717, 1.165) is 11.5 Å². The molecule has 2 heteroatoms. The Labute approximate surface area is 179 Å². The Balaban J connectivity index is 1.80. The molecule has 0 N–H and O–H groups in total. The van der Waals surface area contributed by atoms with Crippen molar-refractivity contribution in [2.75, 3.05) is 0 Å². The first-order valence-electron chi connectivity index (χ1n) is 11.1. The van der Waals surface area contributed by atoms with Crippen LogP contribution < -0.4 is 0 Å². The van der Waals surface area contributed by atoms with Crippen molar-refractivity contribution in [3.05, 3.63) is 90.5 Å². The van der Waals surface area contributed by atoms with E-state index in [-0.39, 0.29) is 0 Å². The van der Waals surface area contributed by atoms with Gasteiger partial charge in [0.15, 0.2) is 0 Å². The molecule has 0 saturated heterocycles. The number of nitrogens with zero attached hydrogens (tertiary/aromatic N) is 2. The van der Waals surface area contributed by atoms with Crippen molar-refractivity contribution in [2.45, 2.75) is 45.1 Å². The van der Waals surface area contributed by atoms with Crippen molar-refractivity contribution in [3.63, 3.8) is 0 Å². The van der Waals surface area contributed by atoms with Gasteiger partial charge < -0.3 is 4.57 Å². The highest BCUT2D eigenvalue weighted by Crippen LogP contribution is 2.42. The van der Waals surface area contributed by atoms with E-state index >= 15 is 0 Å². The molecule has 150 valence electrons. The van der Waals surface area contributed by atoms with Gasteiger partial charge in [0.1, 0.15) is 5.82 Å². The van der Waals surface area contributed by atoms with Crippen molar-refractivity contribution in [1.82, 2.24) is 9.55 Å². The van der Waals surface area contributed by atoms with Crippen molar-refractivity contribution in [3.8, 4) is 33.9 Å². The number of benzene rings is 3. The van der Waals surface area contributed by atoms with Crippen LogP contribution >= 0.6 is 0 Å². The first-order chi connectivity index (χ1) is 14.8. The predicted molar refractivity (Wildman–Crippen MR) is 125 cm³/mol. The number of aromatic nitrogens is 2. The summed E-state index contributed by atoms with van der Waals surface area (Å²) in [5.74, 6) is 1.10. The highest BCUT2D eigenvalue weighted by atomic mass is 15.1. The lowest BCUT2D eigenvalue weighted by molar-refractivity contribution is 0.358. The fraction of sp³-hybridized carbons (Fsp3) is 0.250. The van der Waals surface area contributed by atoms with Crippen molar-refractivity contribution in [2.24, 2.45) is 0 Å². The van der Waals surface area contributed by atoms with E-state index < -0.39 is 0 Å². The van der Waals surface area contributed by atoms with Gasteiger partial charge in [-0.05, 0) is 19.8 Å². The smallest absolute Gasteiger partial charge is 0.141 e. The van der Waals surface area contributed by atoms with Crippen LogP contribution in [0.15, 0.2) is 84.9 Å². The first kappa shape index (κ1) is 18.9. The van der Waals surface area contributed by atoms with E-state index in [1.54, 1.807) is 0 Å². The van der Waals surface area contributed by atoms with Gasteiger partial charge in [-0.25, -0.2) is 4.98 Å². The quantitative estimate of drug-likeness (QED) is 0.348. The molecule has 5 rings (SSSR count). The number of imidazole rings is 1. The molecule has 0 atom stereocenters. The maximum atomic E-state index is 5.29. The molecule has 0 radical (unpaired) electrons. The second kappa shape index (κ2) is 8.31. The summed E-state index contributed by atoms with van der Waals surface area (Å²) in [6, 6.07) is 30.8. The monoisotopic (exact) mass is 392 g/mol. The molecule has 0 bridgehead atoms. The average molecular weight is 393 g/mol. The van der Waals surface area contributed by atoms with Gasteiger partial charge in [0.25, 0.3) is 0 Å². The Hall–Kier alpha value is -3.13. The standard InChI is InChI=1S/C28H28N2/c1-21-17-19-24(20-18-21)28-29-26(22-11-5-2-6-12-22)27(23-13-7-3-8-14-23)30(28)25-15-9-4-10-16-25/h2-3,5-8,11-14,17-20,25H,4,9-10,15-16H2,1H3. The fourth-order valence-electron chi connectivity index (χ4n) is 4.70. The third kappa shape index (κ3) is 3.59. The maximum absolute atomic E-state index is 5.29. The third-order valence-electron chi connectivity index (χ3n) is 6.26. The van der Waals surface area contributed by atoms with E-state index in [2.05, 4.69) is 96.4 Å². The molecule has 30 heavy (non-hydrogen) atoms. The largest absolute Gasteiger partial charge is 0.320 e. The molecular formula is C28H28N2. The zero-order valence-electron chi connectivity index (χ0n) is 17.6. The summed E-state index contributed by atoms with van der Waals surface area (Å²) in [5, 5.41) is 0. The number of aryl methyl sites for hydroxylation is 1. The molecule has 0 unspecified atom stereocenters. The van der Waals surface area contributed by atoms with Crippen LogP contribution in [0, 0.1) is 6.92 Å². The van der Waals surface area contributed by atoms with Gasteiger partial charge >= 0.3 is 0 Å². The van der Waals surface area contributed by atoms with Gasteiger partial charge in [-0.2, -0.15) is 0 Å². The average Bonchev–Trinajstić information content (AvgIpc) is 3.22. The van der Waals surface area contributed by atoms with Crippen LogP contribution in [0.2, 0.25) is 0 Å². The van der Waals surface area contributed by atoms with Crippen LogP contribution in [0.4, 0.5) is 0 Å². The Morgan fingerprint density at radius 3 is 1.90 bits per heavy atom. The summed E-state index contributed by atoms with van der Waals surface area (Å²) in [7, 11) is 0. The lowest BCUT2D eigenvalue weighted by atomic mass is 9.94. The minimum Gasteiger partial charge on any atom is -0.320 e. The molecule has 1 aromatic heterocycles. The lowest BCUT2D eigenvalue weighted by Crippen LogP contribution is -2.15. The Bertz CT molecular complexity index is 1100. The van der Waals surface area contributed by atoms with Crippen LogP contribution in [-0.4, -0.2) is 9.55 Å². The highest BCUT2D eigenvalue weighted by molar-refractivity contribution is 5.82. The second-order valence-corrected chi connectivity index (χ2v) is 8.39. The van der Waals surface area contributed by atoms with E-state index in [1.165, 1.54) is 60.1 Å². The van der Waals surface area contributed by atoms with E-state index in [9.17, 15) is 0 Å². The van der Waals surface area contributed by atoms with Crippen molar-refractivity contribution >= 4 is 0 Å². The molecule has 1 fully saturated rings. The van der Waals surface area contributed by atoms with Gasteiger partial charge in [0.05, 0.1) is 11.4 Å². The van der Waals surface area contributed by atoms with Gasteiger partial charge in [-0.1, -0.05) is 110 Å². The molecular weight excluding hydrogens is 364 g/mol. The first-order valence-corrected chi connectivity index (χ1v) is 11.1. The molecule has 3 aromatic carbocycles. The summed E-state index contributed by atoms with van der Waals surface area (Å²) < 4.78 is 2.56. The lowest BCUT2D eigenvalue weighted by Gasteiger charge is -2.27. The number of rotatable bonds is 4. The zero-order chi connectivity index (χ0) is 20.3. The van der Waals surface area contributed by atoms with Crippen LogP contribution in [0.3, 0.4) is 0 Å². The van der Waals surface area contributed by atoms with Crippen LogP contribution in [-0.2, 0) is 0 Å². The van der Waals surface area contributed by atoms with Crippen LogP contribution in [0.25, 0.3) is 33.9 Å². The minimum atomic E-state index is 0.496. The van der Waals surface area contributed by atoms with E-state index in [4.69, 9.17) is 4.98 Å². The van der Waals surface area contributed by atoms with Gasteiger partial charge in [-0.3, -0.25) is 0 Å². The summed E-state index contributed by atoms with van der Waals surface area (Å²) >= 11 is 0. The SMILES string of the molecule is Cc1ccc(-c2nc(-c3ccccc3)c(-c3ccccc3)n2C2CCCCC2)cc1. The number of hydrogen-bond acceptors (Lipinski definition) is 1. The van der Waals surface area contributed by atoms with E-state index in [0.29, 0.717) is 6.04 Å². The molecule has 1 aliphatic carbocycles. The Morgan fingerprint density at radius 2 is 1.27 bits per heavy atom. The maximum Gasteiger partial charge on any atom is 0.141 e. The summed E-state index contributed by atoms with van der Waals surface area (Å²) in [5.41, 5.74) is 7.24. The molecule has 1 saturated carbocycles. The fourth-order valence-corrected chi connectivity index (χ4v) is 4.70. The van der Waals surface area contributed by atoms with Crippen molar-refractivity contribution in [1.29, 1.82) is 0 Å². The van der Waals surface area contributed by atoms with Gasteiger partial charge in [0, 0.05) is 22.7 Å².